The van der Waals surface area contributed by atoms with Gasteiger partial charge in [0.1, 0.15) is 0 Å². The Morgan fingerprint density at radius 1 is 1.38 bits per heavy atom. The monoisotopic (exact) mass is 182 g/mol. The molecule has 1 saturated heterocycles. The summed E-state index contributed by atoms with van der Waals surface area (Å²) >= 11 is 0. The van der Waals surface area contributed by atoms with Crippen LogP contribution in [0.1, 0.15) is 25.7 Å². The SMILES string of the molecule is NC(=O)[C@H]1CCC(=O)N[C@@H]1C1CC1. The molecule has 1 heterocycles. The van der Waals surface area contributed by atoms with E-state index in [9.17, 15) is 9.59 Å². The number of carbonyl (C=O) groups is 2. The highest BCUT2D eigenvalue weighted by Crippen LogP contribution is 2.38. The van der Waals surface area contributed by atoms with Gasteiger partial charge in [0.2, 0.25) is 11.8 Å². The standard InChI is InChI=1S/C9H14N2O2/c10-9(13)6-3-4-7(12)11-8(6)5-1-2-5/h5-6,8H,1-4H2,(H2,10,13)(H,11,12)/t6-,8+/m0/s1. The second-order valence-corrected chi connectivity index (χ2v) is 3.98. The highest BCUT2D eigenvalue weighted by Gasteiger charge is 2.42. The van der Waals surface area contributed by atoms with Crippen LogP contribution in [0, 0.1) is 11.8 Å². The van der Waals surface area contributed by atoms with Gasteiger partial charge in [0, 0.05) is 12.5 Å². The van der Waals surface area contributed by atoms with E-state index in [0.717, 1.165) is 12.8 Å². The van der Waals surface area contributed by atoms with E-state index in [4.69, 9.17) is 5.73 Å². The van der Waals surface area contributed by atoms with Crippen LogP contribution < -0.4 is 11.1 Å². The molecule has 2 aliphatic rings. The molecule has 1 aliphatic heterocycles. The molecule has 1 saturated carbocycles. The van der Waals surface area contributed by atoms with Crippen molar-refractivity contribution >= 4 is 11.8 Å². The zero-order chi connectivity index (χ0) is 9.42. The van der Waals surface area contributed by atoms with Crippen molar-refractivity contribution in [2.45, 2.75) is 31.7 Å². The van der Waals surface area contributed by atoms with E-state index in [0.29, 0.717) is 18.8 Å². The summed E-state index contributed by atoms with van der Waals surface area (Å²) in [7, 11) is 0. The Morgan fingerprint density at radius 2 is 2.08 bits per heavy atom. The third-order valence-electron chi connectivity index (χ3n) is 2.94. The van der Waals surface area contributed by atoms with Crippen LogP contribution in [-0.4, -0.2) is 17.9 Å². The van der Waals surface area contributed by atoms with Crippen LogP contribution in [0.25, 0.3) is 0 Å². The summed E-state index contributed by atoms with van der Waals surface area (Å²) in [6, 6.07) is 0.0266. The van der Waals surface area contributed by atoms with Gasteiger partial charge >= 0.3 is 0 Å². The third-order valence-corrected chi connectivity index (χ3v) is 2.94. The summed E-state index contributed by atoms with van der Waals surface area (Å²) in [6.07, 6.45) is 3.31. The summed E-state index contributed by atoms with van der Waals surface area (Å²) in [5.41, 5.74) is 5.28. The van der Waals surface area contributed by atoms with E-state index >= 15 is 0 Å². The number of hydrogen-bond donors (Lipinski definition) is 2. The first-order valence-corrected chi connectivity index (χ1v) is 4.77. The number of rotatable bonds is 2. The number of nitrogens with two attached hydrogens (primary N) is 1. The van der Waals surface area contributed by atoms with Crippen LogP contribution in [0.15, 0.2) is 0 Å². The largest absolute Gasteiger partial charge is 0.369 e. The van der Waals surface area contributed by atoms with E-state index < -0.39 is 0 Å². The summed E-state index contributed by atoms with van der Waals surface area (Å²) in [5, 5.41) is 2.87. The fourth-order valence-corrected chi connectivity index (χ4v) is 2.05. The van der Waals surface area contributed by atoms with Crippen LogP contribution in [0.4, 0.5) is 0 Å². The number of carbonyl (C=O) groups excluding carboxylic acids is 2. The first-order chi connectivity index (χ1) is 6.18. The van der Waals surface area contributed by atoms with Gasteiger partial charge in [-0.25, -0.2) is 0 Å². The highest BCUT2D eigenvalue weighted by atomic mass is 16.2. The van der Waals surface area contributed by atoms with Crippen molar-refractivity contribution in [3.8, 4) is 0 Å². The Balaban J connectivity index is 2.07. The fraction of sp³-hybridized carbons (Fsp3) is 0.778. The predicted molar refractivity (Wildman–Crippen MR) is 46.6 cm³/mol. The van der Waals surface area contributed by atoms with Gasteiger partial charge in [0.15, 0.2) is 0 Å². The number of piperidine rings is 1. The first-order valence-electron chi connectivity index (χ1n) is 4.77. The van der Waals surface area contributed by atoms with Gasteiger partial charge < -0.3 is 11.1 Å². The van der Waals surface area contributed by atoms with E-state index in [2.05, 4.69) is 5.32 Å². The zero-order valence-corrected chi connectivity index (χ0v) is 7.45. The van der Waals surface area contributed by atoms with Crippen molar-refractivity contribution in [3.05, 3.63) is 0 Å². The summed E-state index contributed by atoms with van der Waals surface area (Å²) < 4.78 is 0. The molecule has 4 heteroatoms. The van der Waals surface area contributed by atoms with Crippen molar-refractivity contribution in [3.63, 3.8) is 0 Å². The number of primary amides is 1. The van der Waals surface area contributed by atoms with E-state index in [1.165, 1.54) is 0 Å². The molecule has 2 amide bonds. The normalized spacial score (nSPS) is 34.0. The number of hydrogen-bond acceptors (Lipinski definition) is 2. The van der Waals surface area contributed by atoms with Crippen molar-refractivity contribution < 1.29 is 9.59 Å². The average Bonchev–Trinajstić information content (AvgIpc) is 2.85. The van der Waals surface area contributed by atoms with Gasteiger partial charge in [0.05, 0.1) is 5.92 Å². The van der Waals surface area contributed by atoms with Crippen molar-refractivity contribution in [2.75, 3.05) is 0 Å². The van der Waals surface area contributed by atoms with Gasteiger partial charge in [-0.15, -0.1) is 0 Å². The topological polar surface area (TPSA) is 72.2 Å². The molecule has 1 aliphatic carbocycles. The Labute approximate surface area is 76.9 Å². The van der Waals surface area contributed by atoms with Crippen LogP contribution in [0.5, 0.6) is 0 Å². The average molecular weight is 182 g/mol. The number of amides is 2. The van der Waals surface area contributed by atoms with Gasteiger partial charge in [-0.2, -0.15) is 0 Å². The molecule has 0 unspecified atom stereocenters. The summed E-state index contributed by atoms with van der Waals surface area (Å²) in [5.74, 6) is 0.165. The Kier molecular flexibility index (Phi) is 1.98. The molecule has 0 aromatic rings. The van der Waals surface area contributed by atoms with E-state index in [1.807, 2.05) is 0 Å². The van der Waals surface area contributed by atoms with Gasteiger partial charge in [-0.05, 0) is 25.2 Å². The minimum atomic E-state index is -0.267. The molecular formula is C9H14N2O2. The molecule has 2 fully saturated rings. The molecule has 0 aromatic heterocycles. The zero-order valence-electron chi connectivity index (χ0n) is 7.45. The second-order valence-electron chi connectivity index (χ2n) is 3.98. The second kappa shape index (κ2) is 3.01. The molecule has 3 N–H and O–H groups in total. The molecule has 13 heavy (non-hydrogen) atoms. The quantitative estimate of drug-likeness (QED) is 0.619. The smallest absolute Gasteiger partial charge is 0.222 e. The Hall–Kier alpha value is -1.06. The summed E-state index contributed by atoms with van der Waals surface area (Å²) in [4.78, 5) is 22.2. The van der Waals surface area contributed by atoms with Crippen LogP contribution in [-0.2, 0) is 9.59 Å². The molecular weight excluding hydrogens is 168 g/mol. The van der Waals surface area contributed by atoms with E-state index in [1.54, 1.807) is 0 Å². The van der Waals surface area contributed by atoms with Crippen LogP contribution in [0.2, 0.25) is 0 Å². The van der Waals surface area contributed by atoms with Gasteiger partial charge in [0.25, 0.3) is 0 Å². The minimum absolute atomic E-state index is 0.0266. The minimum Gasteiger partial charge on any atom is -0.369 e. The molecule has 72 valence electrons. The summed E-state index contributed by atoms with van der Waals surface area (Å²) in [6.45, 7) is 0. The van der Waals surface area contributed by atoms with Gasteiger partial charge in [-0.1, -0.05) is 0 Å². The van der Waals surface area contributed by atoms with Crippen LogP contribution in [0.3, 0.4) is 0 Å². The Morgan fingerprint density at radius 3 is 2.62 bits per heavy atom. The molecule has 0 bridgehead atoms. The third kappa shape index (κ3) is 1.66. The van der Waals surface area contributed by atoms with Crippen molar-refractivity contribution in [1.82, 2.24) is 5.32 Å². The molecule has 0 radical (unpaired) electrons. The maximum Gasteiger partial charge on any atom is 0.222 e. The van der Waals surface area contributed by atoms with Crippen LogP contribution >= 0.6 is 0 Å². The lowest BCUT2D eigenvalue weighted by molar-refractivity contribution is -0.129. The highest BCUT2D eigenvalue weighted by molar-refractivity contribution is 5.83. The lowest BCUT2D eigenvalue weighted by Gasteiger charge is -2.30. The number of nitrogens with one attached hydrogen (secondary N) is 1. The lowest BCUT2D eigenvalue weighted by Crippen LogP contribution is -2.50. The molecule has 0 aromatic carbocycles. The molecule has 2 rings (SSSR count). The fourth-order valence-electron chi connectivity index (χ4n) is 2.05. The van der Waals surface area contributed by atoms with Crippen molar-refractivity contribution in [1.29, 1.82) is 0 Å². The molecule has 4 nitrogen and oxygen atoms in total. The van der Waals surface area contributed by atoms with Crippen molar-refractivity contribution in [2.24, 2.45) is 17.6 Å². The maximum atomic E-state index is 11.1. The lowest BCUT2D eigenvalue weighted by atomic mass is 9.87. The Bertz CT molecular complexity index is 248. The van der Waals surface area contributed by atoms with E-state index in [-0.39, 0.29) is 23.8 Å². The first kappa shape index (κ1) is 8.53. The molecule has 0 spiro atoms. The predicted octanol–water partition coefficient (Wildman–Crippen LogP) is -0.224. The maximum absolute atomic E-state index is 11.1. The van der Waals surface area contributed by atoms with Gasteiger partial charge in [-0.3, -0.25) is 9.59 Å². The molecule has 2 atom stereocenters.